The summed E-state index contributed by atoms with van der Waals surface area (Å²) in [5.41, 5.74) is 0.819. The zero-order valence-electron chi connectivity index (χ0n) is 16.3. The van der Waals surface area contributed by atoms with E-state index in [9.17, 15) is 4.79 Å². The van der Waals surface area contributed by atoms with Crippen LogP contribution in [0.5, 0.6) is 5.75 Å². The third kappa shape index (κ3) is 4.22. The van der Waals surface area contributed by atoms with Crippen molar-refractivity contribution in [3.8, 4) is 5.75 Å². The van der Waals surface area contributed by atoms with E-state index in [0.717, 1.165) is 11.4 Å². The van der Waals surface area contributed by atoms with Gasteiger partial charge in [0, 0.05) is 12.7 Å². The molecule has 9 nitrogen and oxygen atoms in total. The van der Waals surface area contributed by atoms with Crippen molar-refractivity contribution in [3.05, 3.63) is 24.0 Å². The predicted molar refractivity (Wildman–Crippen MR) is 98.1 cm³/mol. The van der Waals surface area contributed by atoms with E-state index >= 15 is 0 Å². The van der Waals surface area contributed by atoms with E-state index in [0.29, 0.717) is 26.4 Å². The summed E-state index contributed by atoms with van der Waals surface area (Å²) in [6, 6.07) is 3.20. The number of aromatic nitrogens is 1. The largest absolute Gasteiger partial charge is 0.483 e. The zero-order chi connectivity index (χ0) is 19.7. The van der Waals surface area contributed by atoms with Crippen molar-refractivity contribution in [1.29, 1.82) is 0 Å². The summed E-state index contributed by atoms with van der Waals surface area (Å²) in [4.78, 5) is 16.5. The number of nitrogens with zero attached hydrogens (tertiary/aromatic N) is 1. The van der Waals surface area contributed by atoms with Crippen molar-refractivity contribution >= 4 is 6.03 Å². The first-order valence-corrected chi connectivity index (χ1v) is 9.59. The minimum atomic E-state index is -0.603. The minimum Gasteiger partial charge on any atom is -0.483 e. The lowest BCUT2D eigenvalue weighted by Crippen LogP contribution is -2.50. The Bertz CT molecular complexity index is 715. The Balaban J connectivity index is 1.25. The van der Waals surface area contributed by atoms with Crippen LogP contribution in [0.4, 0.5) is 4.79 Å². The molecule has 0 spiro atoms. The second-order valence-electron chi connectivity index (χ2n) is 7.75. The molecule has 1 unspecified atom stereocenters. The SMILES string of the molecule is Cc1ncccc1O[C@H]1CO[C@H]2[C@@H]1OC[C@@H]2NC(=O)NCC1COC(C)(C)O1. The van der Waals surface area contributed by atoms with E-state index in [1.807, 2.05) is 32.9 Å². The van der Waals surface area contributed by atoms with Crippen LogP contribution in [0.15, 0.2) is 18.3 Å². The Morgan fingerprint density at radius 1 is 1.29 bits per heavy atom. The van der Waals surface area contributed by atoms with Gasteiger partial charge in [-0.15, -0.1) is 0 Å². The maximum atomic E-state index is 12.3. The van der Waals surface area contributed by atoms with Crippen LogP contribution < -0.4 is 15.4 Å². The summed E-state index contributed by atoms with van der Waals surface area (Å²) in [6.45, 7) is 7.23. The summed E-state index contributed by atoms with van der Waals surface area (Å²) >= 11 is 0. The molecule has 28 heavy (non-hydrogen) atoms. The van der Waals surface area contributed by atoms with Crippen LogP contribution >= 0.6 is 0 Å². The molecule has 0 bridgehead atoms. The number of carbonyl (C=O) groups is 1. The molecule has 2 amide bonds. The summed E-state index contributed by atoms with van der Waals surface area (Å²) in [7, 11) is 0. The van der Waals surface area contributed by atoms with E-state index in [2.05, 4.69) is 15.6 Å². The molecule has 4 rings (SSSR count). The van der Waals surface area contributed by atoms with E-state index in [1.54, 1.807) is 6.20 Å². The molecule has 2 N–H and O–H groups in total. The molecule has 3 fully saturated rings. The van der Waals surface area contributed by atoms with Crippen molar-refractivity contribution in [1.82, 2.24) is 15.6 Å². The fraction of sp³-hybridized carbons (Fsp3) is 0.684. The Labute approximate surface area is 164 Å². The highest BCUT2D eigenvalue weighted by Crippen LogP contribution is 2.30. The highest BCUT2D eigenvalue weighted by atomic mass is 16.7. The van der Waals surface area contributed by atoms with Gasteiger partial charge < -0.3 is 34.3 Å². The first kappa shape index (κ1) is 19.4. The van der Waals surface area contributed by atoms with Gasteiger partial charge in [0.05, 0.1) is 31.6 Å². The van der Waals surface area contributed by atoms with Crippen molar-refractivity contribution in [2.24, 2.45) is 0 Å². The van der Waals surface area contributed by atoms with Gasteiger partial charge in [-0.3, -0.25) is 4.98 Å². The van der Waals surface area contributed by atoms with Gasteiger partial charge in [0.15, 0.2) is 11.9 Å². The summed E-state index contributed by atoms with van der Waals surface area (Å²) in [5, 5.41) is 5.75. The number of nitrogens with one attached hydrogen (secondary N) is 2. The highest BCUT2D eigenvalue weighted by molar-refractivity contribution is 5.74. The second kappa shape index (κ2) is 7.82. The van der Waals surface area contributed by atoms with Crippen LogP contribution in [0, 0.1) is 6.92 Å². The number of rotatable bonds is 5. The molecule has 3 aliphatic rings. The van der Waals surface area contributed by atoms with Crippen LogP contribution in [-0.4, -0.2) is 73.6 Å². The maximum Gasteiger partial charge on any atom is 0.315 e. The lowest BCUT2D eigenvalue weighted by atomic mass is 10.1. The molecule has 3 aliphatic heterocycles. The van der Waals surface area contributed by atoms with Crippen LogP contribution in [0.3, 0.4) is 0 Å². The molecular formula is C19H27N3O6. The number of hydrogen-bond acceptors (Lipinski definition) is 7. The van der Waals surface area contributed by atoms with Crippen molar-refractivity contribution < 1.29 is 28.5 Å². The van der Waals surface area contributed by atoms with Gasteiger partial charge in [0.1, 0.15) is 24.1 Å². The quantitative estimate of drug-likeness (QED) is 0.762. The average molecular weight is 393 g/mol. The van der Waals surface area contributed by atoms with E-state index < -0.39 is 5.79 Å². The lowest BCUT2D eigenvalue weighted by Gasteiger charge is -2.20. The topological polar surface area (TPSA) is 100 Å². The van der Waals surface area contributed by atoms with Gasteiger partial charge in [-0.05, 0) is 32.9 Å². The number of aryl methyl sites for hydroxylation is 1. The number of pyridine rings is 1. The fourth-order valence-electron chi connectivity index (χ4n) is 3.74. The lowest BCUT2D eigenvalue weighted by molar-refractivity contribution is -0.137. The van der Waals surface area contributed by atoms with Crippen LogP contribution in [0.2, 0.25) is 0 Å². The van der Waals surface area contributed by atoms with Crippen LogP contribution in [0.1, 0.15) is 19.5 Å². The Kier molecular flexibility index (Phi) is 5.42. The smallest absolute Gasteiger partial charge is 0.315 e. The first-order valence-electron chi connectivity index (χ1n) is 9.59. The number of urea groups is 1. The van der Waals surface area contributed by atoms with Gasteiger partial charge in [-0.2, -0.15) is 0 Å². The molecule has 1 aromatic heterocycles. The number of carbonyl (C=O) groups excluding carboxylic acids is 1. The Morgan fingerprint density at radius 2 is 2.11 bits per heavy atom. The average Bonchev–Trinajstić information content (AvgIpc) is 3.32. The standard InChI is InChI=1S/C19H27N3O6/c1-11-14(5-4-6-20-11)27-15-10-25-16-13(9-24-17(15)16)22-18(23)21-7-12-8-26-19(2,3)28-12/h4-6,12-13,15-17H,7-10H2,1-3H3,(H2,21,22,23)/t12?,13-,15-,16+,17+/m0/s1. The molecule has 0 radical (unpaired) electrons. The maximum absolute atomic E-state index is 12.3. The van der Waals surface area contributed by atoms with Gasteiger partial charge in [0.2, 0.25) is 0 Å². The summed E-state index contributed by atoms with van der Waals surface area (Å²) in [6.07, 6.45) is 0.880. The van der Waals surface area contributed by atoms with Crippen molar-refractivity contribution in [2.45, 2.75) is 57.0 Å². The zero-order valence-corrected chi connectivity index (χ0v) is 16.3. The molecule has 4 heterocycles. The number of fused-ring (bicyclic) bond motifs is 1. The molecule has 154 valence electrons. The number of amides is 2. The number of ether oxygens (including phenoxy) is 5. The highest BCUT2D eigenvalue weighted by Gasteiger charge is 2.49. The molecular weight excluding hydrogens is 366 g/mol. The first-order chi connectivity index (χ1) is 13.4. The fourth-order valence-corrected chi connectivity index (χ4v) is 3.74. The van der Waals surface area contributed by atoms with E-state index in [4.69, 9.17) is 23.7 Å². The second-order valence-corrected chi connectivity index (χ2v) is 7.75. The Hall–Kier alpha value is -1.94. The monoisotopic (exact) mass is 393 g/mol. The van der Waals surface area contributed by atoms with Crippen LogP contribution in [0.25, 0.3) is 0 Å². The third-order valence-electron chi connectivity index (χ3n) is 5.12. The predicted octanol–water partition coefficient (Wildman–Crippen LogP) is 0.754. The van der Waals surface area contributed by atoms with Gasteiger partial charge in [0.25, 0.3) is 0 Å². The number of hydrogen-bond donors (Lipinski definition) is 2. The van der Waals surface area contributed by atoms with Crippen molar-refractivity contribution in [2.75, 3.05) is 26.4 Å². The van der Waals surface area contributed by atoms with Crippen molar-refractivity contribution in [3.63, 3.8) is 0 Å². The molecule has 0 saturated carbocycles. The van der Waals surface area contributed by atoms with E-state index in [-0.39, 0.29) is 36.5 Å². The Morgan fingerprint density at radius 3 is 2.86 bits per heavy atom. The summed E-state index contributed by atoms with van der Waals surface area (Å²) in [5.74, 6) is 0.116. The molecule has 0 aliphatic carbocycles. The molecule has 0 aromatic carbocycles. The molecule has 1 aromatic rings. The minimum absolute atomic E-state index is 0.156. The third-order valence-corrected chi connectivity index (χ3v) is 5.12. The molecule has 5 atom stereocenters. The molecule has 9 heteroatoms. The normalized spacial score (nSPS) is 33.5. The summed E-state index contributed by atoms with van der Waals surface area (Å²) < 4.78 is 28.9. The van der Waals surface area contributed by atoms with E-state index in [1.165, 1.54) is 0 Å². The van der Waals surface area contributed by atoms with Gasteiger partial charge >= 0.3 is 6.03 Å². The van der Waals surface area contributed by atoms with Crippen LogP contribution in [-0.2, 0) is 18.9 Å². The van der Waals surface area contributed by atoms with Gasteiger partial charge in [-0.25, -0.2) is 4.79 Å². The molecule has 3 saturated heterocycles. The van der Waals surface area contributed by atoms with Gasteiger partial charge in [-0.1, -0.05) is 0 Å².